The number of rotatable bonds is 9. The second-order valence-electron chi connectivity index (χ2n) is 11.7. The van der Waals surface area contributed by atoms with Gasteiger partial charge in [0.1, 0.15) is 11.4 Å². The lowest BCUT2D eigenvalue weighted by molar-refractivity contribution is -0.128. The predicted octanol–water partition coefficient (Wildman–Crippen LogP) is 7.15. The molecule has 3 atom stereocenters. The second kappa shape index (κ2) is 13.2. The lowest BCUT2D eigenvalue weighted by Crippen LogP contribution is -2.56. The van der Waals surface area contributed by atoms with Crippen LogP contribution >= 0.6 is 23.2 Å². The summed E-state index contributed by atoms with van der Waals surface area (Å²) < 4.78 is 16.3. The van der Waals surface area contributed by atoms with E-state index in [1.165, 1.54) is 47.4 Å². The van der Waals surface area contributed by atoms with Crippen LogP contribution in [0, 0.1) is 17.3 Å². The smallest absolute Gasteiger partial charge is 0.335 e. The van der Waals surface area contributed by atoms with Gasteiger partial charge >= 0.3 is 5.97 Å². The summed E-state index contributed by atoms with van der Waals surface area (Å²) in [6.45, 7) is 11.7. The molecule has 0 bridgehead atoms. The van der Waals surface area contributed by atoms with Crippen LogP contribution < -0.4 is 10.2 Å². The first-order chi connectivity index (χ1) is 19.5. The SMILES string of the molecule is C=C(Cl)/C=C\C=C(/F)C1[C@H](C(=O)N(C)c2ccc(C(=O)O)cc2)CN(CC(C)(C)C)C1(C)C(=O)Nc1cccc(Cl)c1. The monoisotopic (exact) mass is 615 g/mol. The van der Waals surface area contributed by atoms with Crippen molar-refractivity contribution >= 4 is 52.4 Å². The first-order valence-corrected chi connectivity index (χ1v) is 14.1. The molecular weight excluding hydrogens is 580 g/mol. The Labute approximate surface area is 256 Å². The van der Waals surface area contributed by atoms with Crippen molar-refractivity contribution in [2.45, 2.75) is 33.2 Å². The van der Waals surface area contributed by atoms with Crippen LogP contribution in [-0.4, -0.2) is 53.5 Å². The highest BCUT2D eigenvalue weighted by molar-refractivity contribution is 6.31. The molecule has 2 aromatic rings. The van der Waals surface area contributed by atoms with Gasteiger partial charge in [-0.2, -0.15) is 0 Å². The minimum atomic E-state index is -1.49. The van der Waals surface area contributed by atoms with Gasteiger partial charge in [0, 0.05) is 41.6 Å². The first-order valence-electron chi connectivity index (χ1n) is 13.4. The van der Waals surface area contributed by atoms with Crippen molar-refractivity contribution in [1.29, 1.82) is 0 Å². The summed E-state index contributed by atoms with van der Waals surface area (Å²) in [7, 11) is 1.55. The highest BCUT2D eigenvalue weighted by Gasteiger charge is 2.60. The Morgan fingerprint density at radius 3 is 2.40 bits per heavy atom. The molecule has 10 heteroatoms. The van der Waals surface area contributed by atoms with E-state index in [1.807, 2.05) is 25.7 Å². The fourth-order valence-corrected chi connectivity index (χ4v) is 5.53. The van der Waals surface area contributed by atoms with Gasteiger partial charge in [0.2, 0.25) is 11.8 Å². The fourth-order valence-electron chi connectivity index (χ4n) is 5.26. The van der Waals surface area contributed by atoms with E-state index < -0.39 is 41.0 Å². The van der Waals surface area contributed by atoms with Crippen LogP contribution in [0.2, 0.25) is 5.02 Å². The van der Waals surface area contributed by atoms with Gasteiger partial charge in [-0.3, -0.25) is 14.5 Å². The third-order valence-electron chi connectivity index (χ3n) is 7.27. The van der Waals surface area contributed by atoms with E-state index in [0.717, 1.165) is 0 Å². The van der Waals surface area contributed by atoms with Crippen molar-refractivity contribution in [3.05, 3.63) is 94.8 Å². The van der Waals surface area contributed by atoms with Gasteiger partial charge in [0.05, 0.1) is 17.4 Å². The Morgan fingerprint density at radius 1 is 1.21 bits per heavy atom. The molecule has 2 N–H and O–H groups in total. The molecule has 2 aromatic carbocycles. The van der Waals surface area contributed by atoms with E-state index >= 15 is 4.39 Å². The average Bonchev–Trinajstić information content (AvgIpc) is 3.19. The highest BCUT2D eigenvalue weighted by Crippen LogP contribution is 2.46. The maximum absolute atomic E-state index is 16.3. The lowest BCUT2D eigenvalue weighted by atomic mass is 9.77. The summed E-state index contributed by atoms with van der Waals surface area (Å²) in [6.07, 6.45) is 4.01. The largest absolute Gasteiger partial charge is 0.478 e. The number of aromatic carboxylic acids is 1. The minimum Gasteiger partial charge on any atom is -0.478 e. The molecule has 0 spiro atoms. The Bertz CT molecular complexity index is 1420. The number of allylic oxidation sites excluding steroid dienone is 4. The van der Waals surface area contributed by atoms with E-state index in [2.05, 4.69) is 11.9 Å². The fraction of sp³-hybridized carbons (Fsp3) is 0.344. The molecule has 0 radical (unpaired) electrons. The topological polar surface area (TPSA) is 90.0 Å². The number of nitrogens with zero attached hydrogens (tertiary/aromatic N) is 2. The third kappa shape index (κ3) is 7.68. The first kappa shape index (κ1) is 33.0. The molecule has 1 aliphatic heterocycles. The molecule has 0 aliphatic carbocycles. The number of carbonyl (C=O) groups excluding carboxylic acids is 2. The van der Waals surface area contributed by atoms with E-state index in [1.54, 1.807) is 38.2 Å². The summed E-state index contributed by atoms with van der Waals surface area (Å²) in [5.41, 5.74) is -0.838. The number of amides is 2. The number of anilines is 2. The Morgan fingerprint density at radius 2 is 1.86 bits per heavy atom. The third-order valence-corrected chi connectivity index (χ3v) is 7.63. The van der Waals surface area contributed by atoms with Crippen LogP contribution in [0.5, 0.6) is 0 Å². The number of hydrogen-bond acceptors (Lipinski definition) is 4. The molecule has 224 valence electrons. The van der Waals surface area contributed by atoms with Crippen molar-refractivity contribution in [3.63, 3.8) is 0 Å². The summed E-state index contributed by atoms with van der Waals surface area (Å²) in [5.74, 6) is -4.81. The Hall–Kier alpha value is -3.46. The number of halogens is 3. The van der Waals surface area contributed by atoms with Gasteiger partial charge in [-0.15, -0.1) is 0 Å². The van der Waals surface area contributed by atoms with Gasteiger partial charge in [-0.05, 0) is 67.0 Å². The lowest BCUT2D eigenvalue weighted by Gasteiger charge is -2.40. The number of benzene rings is 2. The van der Waals surface area contributed by atoms with Gasteiger partial charge in [0.25, 0.3) is 0 Å². The number of nitrogens with one attached hydrogen (secondary N) is 1. The molecule has 3 rings (SSSR count). The van der Waals surface area contributed by atoms with Crippen molar-refractivity contribution in [2.24, 2.45) is 17.3 Å². The number of carbonyl (C=O) groups is 3. The zero-order valence-electron chi connectivity index (χ0n) is 24.3. The maximum Gasteiger partial charge on any atom is 0.335 e. The molecule has 1 heterocycles. The Balaban J connectivity index is 2.12. The predicted molar refractivity (Wildman–Crippen MR) is 167 cm³/mol. The molecule has 1 fully saturated rings. The number of likely N-dealkylation sites (tertiary alicyclic amines) is 1. The molecule has 2 amide bonds. The van der Waals surface area contributed by atoms with Crippen LogP contribution in [0.1, 0.15) is 38.1 Å². The zero-order chi connectivity index (χ0) is 31.4. The molecule has 2 unspecified atom stereocenters. The van der Waals surface area contributed by atoms with Crippen molar-refractivity contribution in [2.75, 3.05) is 30.4 Å². The van der Waals surface area contributed by atoms with Crippen LogP contribution in [0.3, 0.4) is 0 Å². The Kier molecular flexibility index (Phi) is 10.4. The van der Waals surface area contributed by atoms with E-state index in [0.29, 0.717) is 22.9 Å². The number of hydrogen-bond donors (Lipinski definition) is 2. The normalized spacial score (nSPS) is 21.4. The summed E-state index contributed by atoms with van der Waals surface area (Å²) >= 11 is 12.0. The summed E-state index contributed by atoms with van der Waals surface area (Å²) in [5, 5.41) is 12.8. The van der Waals surface area contributed by atoms with Gasteiger partial charge in [-0.1, -0.05) is 62.7 Å². The minimum absolute atomic E-state index is 0.0709. The van der Waals surface area contributed by atoms with Crippen molar-refractivity contribution < 1.29 is 23.9 Å². The van der Waals surface area contributed by atoms with Crippen molar-refractivity contribution in [1.82, 2.24) is 4.90 Å². The summed E-state index contributed by atoms with van der Waals surface area (Å²) in [6, 6.07) is 12.5. The van der Waals surface area contributed by atoms with Crippen LogP contribution in [0.4, 0.5) is 15.8 Å². The molecule has 7 nitrogen and oxygen atoms in total. The zero-order valence-corrected chi connectivity index (χ0v) is 25.8. The van der Waals surface area contributed by atoms with Gasteiger partial charge in [-0.25, -0.2) is 9.18 Å². The molecule has 1 saturated heterocycles. The average molecular weight is 617 g/mol. The second-order valence-corrected chi connectivity index (χ2v) is 12.7. The number of carboxylic acid groups (broad SMARTS) is 1. The van der Waals surface area contributed by atoms with Crippen LogP contribution in [-0.2, 0) is 9.59 Å². The van der Waals surface area contributed by atoms with E-state index in [4.69, 9.17) is 23.2 Å². The van der Waals surface area contributed by atoms with Crippen molar-refractivity contribution in [3.8, 4) is 0 Å². The molecule has 1 aliphatic rings. The van der Waals surface area contributed by atoms with Crippen LogP contribution in [0.15, 0.2) is 84.2 Å². The van der Waals surface area contributed by atoms with Gasteiger partial charge in [0.15, 0.2) is 0 Å². The van der Waals surface area contributed by atoms with E-state index in [9.17, 15) is 19.5 Å². The molecular formula is C32H36Cl2FN3O4. The van der Waals surface area contributed by atoms with E-state index in [-0.39, 0.29) is 22.6 Å². The van der Waals surface area contributed by atoms with Gasteiger partial charge < -0.3 is 15.3 Å². The maximum atomic E-state index is 16.3. The number of carboxylic acids is 1. The summed E-state index contributed by atoms with van der Waals surface area (Å²) in [4.78, 5) is 42.7. The molecule has 0 saturated carbocycles. The quantitative estimate of drug-likeness (QED) is 0.292. The van der Waals surface area contributed by atoms with Crippen LogP contribution in [0.25, 0.3) is 0 Å². The highest BCUT2D eigenvalue weighted by atomic mass is 35.5. The standard InChI is InChI=1S/C32H36Cl2FN3O4/c1-20(33)9-7-12-26(35)27-25(28(39)37(6)24-15-13-21(14-16-24)29(40)41)18-38(19-31(2,3)4)32(27,5)30(42)36-23-11-8-10-22(34)17-23/h7-17,25,27H,1,18-19H2,2-6H3,(H,36,42)(H,40,41)/b9-7-,26-12-/t25-,27?,32?/m1/s1. The molecule has 42 heavy (non-hydrogen) atoms. The molecule has 0 aromatic heterocycles.